The molecular formula is C20H26O7. The van der Waals surface area contributed by atoms with Crippen LogP contribution in [0.5, 0.6) is 0 Å². The molecule has 0 heterocycles. The van der Waals surface area contributed by atoms with Crippen molar-refractivity contribution >= 4 is 23.5 Å². The summed E-state index contributed by atoms with van der Waals surface area (Å²) in [4.78, 5) is 47.4. The molecule has 2 atom stereocenters. The maximum absolute atomic E-state index is 12.0. The van der Waals surface area contributed by atoms with E-state index >= 15 is 0 Å². The molecule has 0 aliphatic heterocycles. The third-order valence-corrected chi connectivity index (χ3v) is 3.54. The fourth-order valence-electron chi connectivity index (χ4n) is 2.35. The summed E-state index contributed by atoms with van der Waals surface area (Å²) in [5, 5.41) is 0. The van der Waals surface area contributed by atoms with Crippen LogP contribution in [0.3, 0.4) is 0 Å². The number of rotatable bonds is 12. The lowest BCUT2D eigenvalue weighted by Crippen LogP contribution is -2.52. The van der Waals surface area contributed by atoms with Crippen molar-refractivity contribution < 1.29 is 33.4 Å². The molecule has 0 amide bonds. The van der Waals surface area contributed by atoms with Crippen molar-refractivity contribution in [3.05, 3.63) is 49.6 Å². The van der Waals surface area contributed by atoms with Crippen LogP contribution >= 0.6 is 0 Å². The Morgan fingerprint density at radius 3 is 1.22 bits per heavy atom. The van der Waals surface area contributed by atoms with Crippen LogP contribution in [-0.4, -0.2) is 35.1 Å². The molecule has 0 aliphatic carbocycles. The Hall–Kier alpha value is -2.80. The van der Waals surface area contributed by atoms with Crippen LogP contribution in [0.25, 0.3) is 0 Å². The topological polar surface area (TPSA) is 96.0 Å². The molecule has 0 aromatic rings. The molecule has 0 aromatic carbocycles. The Morgan fingerprint density at radius 2 is 1.04 bits per heavy atom. The van der Waals surface area contributed by atoms with Gasteiger partial charge in [-0.05, 0) is 13.8 Å². The monoisotopic (exact) mass is 378 g/mol. The van der Waals surface area contributed by atoms with Gasteiger partial charge >= 0.3 is 11.9 Å². The molecule has 7 heteroatoms. The quantitative estimate of drug-likeness (QED) is 0.223. The van der Waals surface area contributed by atoms with Crippen molar-refractivity contribution in [3.8, 4) is 0 Å². The molecule has 148 valence electrons. The second-order valence-corrected chi connectivity index (χ2v) is 5.85. The van der Waals surface area contributed by atoms with Crippen molar-refractivity contribution in [2.24, 2.45) is 0 Å². The summed E-state index contributed by atoms with van der Waals surface area (Å²) in [5.74, 6) is -6.78. The molecule has 0 fully saturated rings. The number of esters is 2. The van der Waals surface area contributed by atoms with Crippen LogP contribution in [0.15, 0.2) is 49.6 Å². The van der Waals surface area contributed by atoms with Gasteiger partial charge in [0, 0.05) is 26.7 Å². The van der Waals surface area contributed by atoms with Crippen LogP contribution in [0.2, 0.25) is 0 Å². The number of ketones is 2. The van der Waals surface area contributed by atoms with Gasteiger partial charge in [-0.2, -0.15) is 0 Å². The van der Waals surface area contributed by atoms with Crippen LogP contribution in [0.1, 0.15) is 40.5 Å². The Labute approximate surface area is 159 Å². The highest BCUT2D eigenvalue weighted by Crippen LogP contribution is 2.39. The van der Waals surface area contributed by atoms with Crippen LogP contribution in [0, 0.1) is 0 Å². The standard InChI is InChI=1S/C20H26O7/c1-9-11-19(25-17(7)23,13(3)15(5)21)27-20(12-10-2,26-18(8)24)14(4)16(6)22/h9-10H,1-4,11-12H2,5-8H3. The van der Waals surface area contributed by atoms with E-state index in [0.29, 0.717) is 0 Å². The lowest BCUT2D eigenvalue weighted by Gasteiger charge is -2.42. The number of carbonyl (C=O) groups excluding carboxylic acids is 4. The molecule has 0 saturated carbocycles. The first kappa shape index (κ1) is 24.2. The molecular weight excluding hydrogens is 352 g/mol. The van der Waals surface area contributed by atoms with Gasteiger partial charge in [-0.3, -0.25) is 23.9 Å². The number of carbonyl (C=O) groups is 4. The third-order valence-electron chi connectivity index (χ3n) is 3.54. The minimum absolute atomic E-state index is 0.198. The molecule has 7 nitrogen and oxygen atoms in total. The molecule has 0 N–H and O–H groups in total. The van der Waals surface area contributed by atoms with Crippen molar-refractivity contribution in [3.63, 3.8) is 0 Å². The molecule has 0 spiro atoms. The highest BCUT2D eigenvalue weighted by molar-refractivity contribution is 5.96. The van der Waals surface area contributed by atoms with Gasteiger partial charge < -0.3 is 9.47 Å². The van der Waals surface area contributed by atoms with Gasteiger partial charge in [-0.15, -0.1) is 13.2 Å². The molecule has 0 aliphatic rings. The number of ether oxygens (including phenoxy) is 3. The summed E-state index contributed by atoms with van der Waals surface area (Å²) in [6, 6.07) is 0. The first-order valence-electron chi connectivity index (χ1n) is 8.09. The molecule has 0 rings (SSSR count). The van der Waals surface area contributed by atoms with Gasteiger partial charge in [0.25, 0.3) is 0 Å². The first-order valence-corrected chi connectivity index (χ1v) is 8.09. The van der Waals surface area contributed by atoms with E-state index in [-0.39, 0.29) is 24.0 Å². The Morgan fingerprint density at radius 1 is 0.741 bits per heavy atom. The van der Waals surface area contributed by atoms with Crippen LogP contribution in [0.4, 0.5) is 0 Å². The smallest absolute Gasteiger partial charge is 0.305 e. The van der Waals surface area contributed by atoms with Crippen molar-refractivity contribution in [1.29, 1.82) is 0 Å². The van der Waals surface area contributed by atoms with E-state index in [0.717, 1.165) is 13.8 Å². The Bertz CT molecular complexity index is 630. The van der Waals surface area contributed by atoms with E-state index < -0.39 is 35.1 Å². The fraction of sp³-hybridized carbons (Fsp3) is 0.400. The Kier molecular flexibility index (Phi) is 8.76. The van der Waals surface area contributed by atoms with E-state index in [9.17, 15) is 19.2 Å². The van der Waals surface area contributed by atoms with Crippen molar-refractivity contribution in [2.45, 2.75) is 52.1 Å². The average molecular weight is 378 g/mol. The zero-order valence-corrected chi connectivity index (χ0v) is 16.3. The van der Waals surface area contributed by atoms with Crippen molar-refractivity contribution in [2.75, 3.05) is 0 Å². The van der Waals surface area contributed by atoms with E-state index in [2.05, 4.69) is 26.3 Å². The second-order valence-electron chi connectivity index (χ2n) is 5.85. The number of hydrogen-bond acceptors (Lipinski definition) is 7. The van der Waals surface area contributed by atoms with Gasteiger partial charge in [0.05, 0.1) is 11.1 Å². The molecule has 0 aromatic heterocycles. The Balaban J connectivity index is 6.69. The zero-order valence-electron chi connectivity index (χ0n) is 16.3. The third kappa shape index (κ3) is 6.14. The summed E-state index contributed by atoms with van der Waals surface area (Å²) in [5.41, 5.74) is -0.455. The molecule has 0 radical (unpaired) electrons. The SMILES string of the molecule is C=CCC(OC(C)=O)(OC(CC=C)(OC(C)=O)C(=C)C(C)=O)C(=C)C(C)=O. The predicted octanol–water partition coefficient (Wildman–Crippen LogP) is 2.96. The molecule has 2 unspecified atom stereocenters. The molecule has 0 saturated heterocycles. The van der Waals surface area contributed by atoms with E-state index in [1.54, 1.807) is 0 Å². The summed E-state index contributed by atoms with van der Waals surface area (Å²) < 4.78 is 16.5. The van der Waals surface area contributed by atoms with Gasteiger partial charge in [-0.25, -0.2) is 0 Å². The maximum Gasteiger partial charge on any atom is 0.305 e. The van der Waals surface area contributed by atoms with Crippen LogP contribution < -0.4 is 0 Å². The average Bonchev–Trinajstić information content (AvgIpc) is 2.52. The summed E-state index contributed by atoms with van der Waals surface area (Å²) >= 11 is 0. The molecule has 0 bridgehead atoms. The van der Waals surface area contributed by atoms with Gasteiger partial charge in [0.1, 0.15) is 0 Å². The first-order chi connectivity index (χ1) is 12.4. The lowest BCUT2D eigenvalue weighted by molar-refractivity contribution is -0.305. The van der Waals surface area contributed by atoms with E-state index in [4.69, 9.17) is 14.2 Å². The highest BCUT2D eigenvalue weighted by Gasteiger charge is 2.51. The number of Topliss-reactive ketones (excluding diaryl/α,β-unsaturated/α-hetero) is 2. The minimum atomic E-state index is -2.06. The molecule has 27 heavy (non-hydrogen) atoms. The summed E-state index contributed by atoms with van der Waals surface area (Å²) in [6.07, 6.45) is 2.27. The van der Waals surface area contributed by atoms with Gasteiger partial charge in [0.15, 0.2) is 11.6 Å². The maximum atomic E-state index is 12.0. The lowest BCUT2D eigenvalue weighted by atomic mass is 9.96. The van der Waals surface area contributed by atoms with Crippen molar-refractivity contribution in [1.82, 2.24) is 0 Å². The fourth-order valence-corrected chi connectivity index (χ4v) is 2.35. The normalized spacial score (nSPS) is 14.7. The largest absolute Gasteiger partial charge is 0.428 e. The summed E-state index contributed by atoms with van der Waals surface area (Å²) in [7, 11) is 0. The highest BCUT2D eigenvalue weighted by atomic mass is 16.8. The zero-order chi connectivity index (χ0) is 21.4. The second kappa shape index (κ2) is 9.78. The van der Waals surface area contributed by atoms with Crippen LogP contribution in [-0.2, 0) is 33.4 Å². The summed E-state index contributed by atoms with van der Waals surface area (Å²) in [6.45, 7) is 19.0. The van der Waals surface area contributed by atoms with Gasteiger partial charge in [0.2, 0.25) is 11.6 Å². The minimum Gasteiger partial charge on any atom is -0.428 e. The van der Waals surface area contributed by atoms with Gasteiger partial charge in [-0.1, -0.05) is 25.3 Å². The predicted molar refractivity (Wildman–Crippen MR) is 99.3 cm³/mol. The number of hydrogen-bond donors (Lipinski definition) is 0. The van der Waals surface area contributed by atoms with E-state index in [1.165, 1.54) is 26.0 Å². The van der Waals surface area contributed by atoms with E-state index in [1.807, 2.05) is 0 Å².